The van der Waals surface area contributed by atoms with Gasteiger partial charge in [0.15, 0.2) is 0 Å². The van der Waals surface area contributed by atoms with E-state index in [9.17, 15) is 31.2 Å². The van der Waals surface area contributed by atoms with Gasteiger partial charge in [0.2, 0.25) is 15.9 Å². The fraction of sp³-hybridized carbons (Fsp3) is 0.300. The Morgan fingerprint density at radius 1 is 0.968 bits per heavy atom. The lowest BCUT2D eigenvalue weighted by molar-refractivity contribution is -0.137. The summed E-state index contributed by atoms with van der Waals surface area (Å²) in [6.07, 6.45) is -4.66. The van der Waals surface area contributed by atoms with E-state index in [0.717, 1.165) is 18.2 Å². The quantitative estimate of drug-likeness (QED) is 0.768. The normalized spacial score (nSPS) is 15.5. The molecule has 7 nitrogen and oxygen atoms in total. The van der Waals surface area contributed by atoms with Crippen LogP contribution >= 0.6 is 0 Å². The average molecular weight is 455 g/mol. The fourth-order valence-corrected chi connectivity index (χ4v) is 4.69. The number of benzene rings is 2. The minimum atomic E-state index is -4.66. The molecule has 11 heteroatoms. The monoisotopic (exact) mass is 455 g/mol. The number of amides is 2. The van der Waals surface area contributed by atoms with Crippen molar-refractivity contribution in [3.8, 4) is 0 Å². The Morgan fingerprint density at radius 2 is 1.61 bits per heavy atom. The summed E-state index contributed by atoms with van der Waals surface area (Å²) in [6.45, 7) is 2.13. The van der Waals surface area contributed by atoms with E-state index < -0.39 is 33.4 Å². The van der Waals surface area contributed by atoms with Crippen LogP contribution in [0.3, 0.4) is 0 Å². The number of halogens is 3. The number of carbonyl (C=O) groups is 2. The molecule has 0 aliphatic carbocycles. The minimum Gasteiger partial charge on any atom is -0.340 e. The van der Waals surface area contributed by atoms with E-state index in [1.165, 1.54) is 46.5 Å². The van der Waals surface area contributed by atoms with Gasteiger partial charge in [0.05, 0.1) is 16.1 Å². The zero-order valence-corrected chi connectivity index (χ0v) is 17.3. The third kappa shape index (κ3) is 5.05. The van der Waals surface area contributed by atoms with Crippen molar-refractivity contribution in [2.45, 2.75) is 18.0 Å². The van der Waals surface area contributed by atoms with Crippen LogP contribution in [-0.2, 0) is 21.0 Å². The van der Waals surface area contributed by atoms with E-state index in [1.54, 1.807) is 0 Å². The number of hydrogen-bond acceptors (Lipinski definition) is 4. The summed E-state index contributed by atoms with van der Waals surface area (Å²) in [5.74, 6) is -1.01. The summed E-state index contributed by atoms with van der Waals surface area (Å²) < 4.78 is 66.5. The van der Waals surface area contributed by atoms with Crippen molar-refractivity contribution in [2.24, 2.45) is 0 Å². The summed E-state index contributed by atoms with van der Waals surface area (Å²) in [4.78, 5) is 25.3. The molecule has 166 valence electrons. The smallest absolute Gasteiger partial charge is 0.340 e. The maximum atomic E-state index is 13.1. The average Bonchev–Trinajstić information content (AvgIpc) is 2.73. The molecule has 2 aromatic rings. The van der Waals surface area contributed by atoms with E-state index in [2.05, 4.69) is 5.32 Å². The van der Waals surface area contributed by atoms with Gasteiger partial charge >= 0.3 is 6.18 Å². The van der Waals surface area contributed by atoms with Gasteiger partial charge in [-0.15, -0.1) is 0 Å². The van der Waals surface area contributed by atoms with E-state index in [4.69, 9.17) is 0 Å². The van der Waals surface area contributed by atoms with Crippen molar-refractivity contribution in [1.82, 2.24) is 9.21 Å². The van der Waals surface area contributed by atoms with E-state index in [1.807, 2.05) is 0 Å². The molecule has 0 atom stereocenters. The van der Waals surface area contributed by atoms with Crippen molar-refractivity contribution >= 4 is 27.5 Å². The van der Waals surface area contributed by atoms with Crippen molar-refractivity contribution in [2.75, 3.05) is 31.5 Å². The first-order valence-electron chi connectivity index (χ1n) is 9.33. The standard InChI is InChI=1S/C20H20F3N3O4S/c1-14(27)25-9-11-26(12-10-25)31(29,30)16-6-4-5-15(13-16)19(28)24-18-8-3-2-7-17(18)20(21,22)23/h2-8,13H,9-12H2,1H3,(H,24,28). The number of anilines is 1. The Kier molecular flexibility index (Phi) is 6.37. The van der Waals surface area contributed by atoms with Gasteiger partial charge in [0, 0.05) is 38.7 Å². The largest absolute Gasteiger partial charge is 0.418 e. The van der Waals surface area contributed by atoms with Crippen LogP contribution in [0.15, 0.2) is 53.4 Å². The molecule has 1 heterocycles. The third-order valence-corrected chi connectivity index (χ3v) is 6.79. The predicted octanol–water partition coefficient (Wildman–Crippen LogP) is 2.81. The van der Waals surface area contributed by atoms with Crippen molar-refractivity contribution < 1.29 is 31.2 Å². The molecule has 1 fully saturated rings. The van der Waals surface area contributed by atoms with E-state index in [-0.39, 0.29) is 42.5 Å². The zero-order chi connectivity index (χ0) is 22.8. The van der Waals surface area contributed by atoms with Crippen LogP contribution in [0.1, 0.15) is 22.8 Å². The summed E-state index contributed by atoms with van der Waals surface area (Å²) >= 11 is 0. The highest BCUT2D eigenvalue weighted by molar-refractivity contribution is 7.89. The van der Waals surface area contributed by atoms with Crippen LogP contribution in [0, 0.1) is 0 Å². The fourth-order valence-electron chi connectivity index (χ4n) is 3.22. The van der Waals surface area contributed by atoms with Crippen molar-refractivity contribution in [3.63, 3.8) is 0 Å². The summed E-state index contributed by atoms with van der Waals surface area (Å²) in [5.41, 5.74) is -1.52. The van der Waals surface area contributed by atoms with Crippen LogP contribution in [-0.4, -0.2) is 55.6 Å². The molecule has 3 rings (SSSR count). The first-order valence-corrected chi connectivity index (χ1v) is 10.8. The van der Waals surface area contributed by atoms with Crippen LogP contribution in [0.5, 0.6) is 0 Å². The first-order chi connectivity index (χ1) is 14.5. The van der Waals surface area contributed by atoms with Gasteiger partial charge in [-0.2, -0.15) is 17.5 Å². The van der Waals surface area contributed by atoms with E-state index in [0.29, 0.717) is 0 Å². The lowest BCUT2D eigenvalue weighted by Crippen LogP contribution is -2.49. The van der Waals surface area contributed by atoms with Crippen LogP contribution in [0.4, 0.5) is 18.9 Å². The minimum absolute atomic E-state index is 0.0968. The number of nitrogens with zero attached hydrogens (tertiary/aromatic N) is 2. The lowest BCUT2D eigenvalue weighted by atomic mass is 10.1. The molecular weight excluding hydrogens is 435 g/mol. The highest BCUT2D eigenvalue weighted by atomic mass is 32.2. The number of carbonyl (C=O) groups excluding carboxylic acids is 2. The Balaban J connectivity index is 1.81. The number of alkyl halides is 3. The maximum absolute atomic E-state index is 13.1. The van der Waals surface area contributed by atoms with Gasteiger partial charge in [-0.1, -0.05) is 18.2 Å². The summed E-state index contributed by atoms with van der Waals surface area (Å²) in [5, 5.41) is 2.20. The second-order valence-corrected chi connectivity index (χ2v) is 8.87. The second-order valence-electron chi connectivity index (χ2n) is 6.94. The molecule has 1 aliphatic heterocycles. The van der Waals surface area contributed by atoms with Crippen molar-refractivity contribution in [3.05, 3.63) is 59.7 Å². The highest BCUT2D eigenvalue weighted by Gasteiger charge is 2.34. The lowest BCUT2D eigenvalue weighted by Gasteiger charge is -2.33. The first kappa shape index (κ1) is 22.8. The number of nitrogens with one attached hydrogen (secondary N) is 1. The van der Waals surface area contributed by atoms with Crippen molar-refractivity contribution in [1.29, 1.82) is 0 Å². The van der Waals surface area contributed by atoms with Gasteiger partial charge < -0.3 is 10.2 Å². The van der Waals surface area contributed by atoms with Gasteiger partial charge in [-0.05, 0) is 30.3 Å². The molecule has 31 heavy (non-hydrogen) atoms. The third-order valence-electron chi connectivity index (χ3n) is 4.90. The molecule has 0 unspecified atom stereocenters. The SMILES string of the molecule is CC(=O)N1CCN(S(=O)(=O)c2cccc(C(=O)Nc3ccccc3C(F)(F)F)c2)CC1. The number of para-hydroxylation sites is 1. The summed E-state index contributed by atoms with van der Waals surface area (Å²) in [6, 6.07) is 9.63. The summed E-state index contributed by atoms with van der Waals surface area (Å²) in [7, 11) is -3.94. The number of piperazine rings is 1. The molecule has 1 saturated heterocycles. The number of rotatable bonds is 4. The number of hydrogen-bond donors (Lipinski definition) is 1. The van der Waals surface area contributed by atoms with Gasteiger partial charge in [-0.3, -0.25) is 9.59 Å². The molecule has 1 aliphatic rings. The molecule has 0 bridgehead atoms. The Morgan fingerprint density at radius 3 is 2.23 bits per heavy atom. The highest BCUT2D eigenvalue weighted by Crippen LogP contribution is 2.34. The van der Waals surface area contributed by atoms with Gasteiger partial charge in [0.25, 0.3) is 5.91 Å². The molecule has 2 aromatic carbocycles. The van der Waals surface area contributed by atoms with Gasteiger partial charge in [-0.25, -0.2) is 8.42 Å². The molecule has 1 N–H and O–H groups in total. The molecule has 0 radical (unpaired) electrons. The zero-order valence-electron chi connectivity index (χ0n) is 16.5. The Hall–Kier alpha value is -2.92. The molecule has 2 amide bonds. The van der Waals surface area contributed by atoms with Crippen LogP contribution in [0.2, 0.25) is 0 Å². The number of sulfonamides is 1. The Bertz CT molecular complexity index is 1090. The molecule has 0 aromatic heterocycles. The predicted molar refractivity (Wildman–Crippen MR) is 107 cm³/mol. The van der Waals surface area contributed by atoms with Crippen LogP contribution < -0.4 is 5.32 Å². The van der Waals surface area contributed by atoms with E-state index >= 15 is 0 Å². The van der Waals surface area contributed by atoms with Crippen LogP contribution in [0.25, 0.3) is 0 Å². The Labute approximate surface area is 177 Å². The molecule has 0 spiro atoms. The van der Waals surface area contributed by atoms with Gasteiger partial charge in [0.1, 0.15) is 0 Å². The molecular formula is C20H20F3N3O4S. The second kappa shape index (κ2) is 8.67. The topological polar surface area (TPSA) is 86.8 Å². The molecule has 0 saturated carbocycles. The maximum Gasteiger partial charge on any atom is 0.418 e.